The summed E-state index contributed by atoms with van der Waals surface area (Å²) in [4.78, 5) is 0. The van der Waals surface area contributed by atoms with Gasteiger partial charge in [0.1, 0.15) is 18.3 Å². The summed E-state index contributed by atoms with van der Waals surface area (Å²) in [6.07, 6.45) is -3.72. The molecule has 5 atom stereocenters. The molecule has 0 N–H and O–H groups in total. The topological polar surface area (TPSA) is 46.2 Å². The summed E-state index contributed by atoms with van der Waals surface area (Å²) in [6, 6.07) is 0. The molecular weight excluding hydrogens is 243 g/mol. The van der Waals surface area contributed by atoms with Gasteiger partial charge in [0.15, 0.2) is 24.0 Å². The van der Waals surface area contributed by atoms with Crippen molar-refractivity contribution in [3.8, 4) is 0 Å². The van der Waals surface area contributed by atoms with E-state index in [9.17, 15) is 4.39 Å². The predicted molar refractivity (Wildman–Crippen MR) is 58.5 cm³/mol. The highest BCUT2D eigenvalue weighted by molar-refractivity contribution is 4.97. The summed E-state index contributed by atoms with van der Waals surface area (Å²) < 4.78 is 42.0. The zero-order chi connectivity index (χ0) is 13.1. The molecule has 3 rings (SSSR count). The molecule has 104 valence electrons. The van der Waals surface area contributed by atoms with Gasteiger partial charge in [0.25, 0.3) is 0 Å². The van der Waals surface area contributed by atoms with Gasteiger partial charge in [0, 0.05) is 0 Å². The van der Waals surface area contributed by atoms with Crippen LogP contribution in [-0.2, 0) is 23.7 Å². The second kappa shape index (κ2) is 3.86. The number of alkyl halides is 1. The van der Waals surface area contributed by atoms with Crippen molar-refractivity contribution in [3.05, 3.63) is 0 Å². The van der Waals surface area contributed by atoms with Crippen molar-refractivity contribution in [2.45, 2.75) is 70.0 Å². The van der Waals surface area contributed by atoms with Crippen LogP contribution in [0.3, 0.4) is 0 Å². The minimum atomic E-state index is -1.26. The highest BCUT2D eigenvalue weighted by Crippen LogP contribution is 2.41. The second-order valence-electron chi connectivity index (χ2n) is 5.88. The Kier molecular flexibility index (Phi) is 2.74. The Morgan fingerprint density at radius 3 is 2.22 bits per heavy atom. The number of ether oxygens (including phenoxy) is 5. The van der Waals surface area contributed by atoms with Gasteiger partial charge >= 0.3 is 0 Å². The second-order valence-corrected chi connectivity index (χ2v) is 5.88. The number of hydrogen-bond donors (Lipinski definition) is 0. The molecule has 0 spiro atoms. The Morgan fingerprint density at radius 1 is 0.944 bits per heavy atom. The third kappa shape index (κ3) is 2.06. The van der Waals surface area contributed by atoms with E-state index in [-0.39, 0.29) is 0 Å². The normalized spacial score (nSPS) is 49.5. The van der Waals surface area contributed by atoms with Crippen LogP contribution in [0.1, 0.15) is 27.7 Å². The molecule has 0 saturated carbocycles. The van der Waals surface area contributed by atoms with Crippen molar-refractivity contribution < 1.29 is 28.1 Å². The lowest BCUT2D eigenvalue weighted by Gasteiger charge is -2.25. The lowest BCUT2D eigenvalue weighted by Crippen LogP contribution is -2.40. The van der Waals surface area contributed by atoms with Crippen LogP contribution in [0.2, 0.25) is 0 Å². The maximum atomic E-state index is 14.3. The summed E-state index contributed by atoms with van der Waals surface area (Å²) in [5.41, 5.74) is 0. The maximum absolute atomic E-state index is 14.3. The van der Waals surface area contributed by atoms with E-state index in [1.807, 2.05) is 0 Å². The van der Waals surface area contributed by atoms with Crippen LogP contribution in [0.4, 0.5) is 4.39 Å². The van der Waals surface area contributed by atoms with Crippen molar-refractivity contribution in [3.63, 3.8) is 0 Å². The molecule has 0 radical (unpaired) electrons. The fourth-order valence-corrected chi connectivity index (χ4v) is 2.67. The number of halogens is 1. The van der Waals surface area contributed by atoms with E-state index in [0.717, 1.165) is 0 Å². The van der Waals surface area contributed by atoms with Gasteiger partial charge in [0.2, 0.25) is 0 Å². The van der Waals surface area contributed by atoms with Gasteiger partial charge in [-0.3, -0.25) is 0 Å². The Bertz CT molecular complexity index is 345. The Balaban J connectivity index is 1.68. The minimum Gasteiger partial charge on any atom is -0.348 e. The van der Waals surface area contributed by atoms with Crippen molar-refractivity contribution in [1.29, 1.82) is 0 Å². The van der Waals surface area contributed by atoms with Gasteiger partial charge in [-0.1, -0.05) is 0 Å². The third-order valence-electron chi connectivity index (χ3n) is 3.40. The Labute approximate surface area is 105 Å². The average molecular weight is 262 g/mol. The summed E-state index contributed by atoms with van der Waals surface area (Å²) >= 11 is 0. The minimum absolute atomic E-state index is 0.320. The first kappa shape index (κ1) is 12.7. The Hall–Kier alpha value is -0.270. The van der Waals surface area contributed by atoms with E-state index in [1.165, 1.54) is 0 Å². The predicted octanol–water partition coefficient (Wildman–Crippen LogP) is 1.35. The van der Waals surface area contributed by atoms with Crippen LogP contribution in [0, 0.1) is 0 Å². The van der Waals surface area contributed by atoms with E-state index in [2.05, 4.69) is 0 Å². The first-order valence-electron chi connectivity index (χ1n) is 6.24. The quantitative estimate of drug-likeness (QED) is 0.714. The molecule has 3 saturated heterocycles. The van der Waals surface area contributed by atoms with Crippen molar-refractivity contribution in [2.75, 3.05) is 6.61 Å². The summed E-state index contributed by atoms with van der Waals surface area (Å²) in [7, 11) is 0. The van der Waals surface area contributed by atoms with E-state index in [4.69, 9.17) is 23.7 Å². The molecule has 6 heteroatoms. The molecule has 0 aromatic carbocycles. The molecule has 3 aliphatic rings. The highest BCUT2D eigenvalue weighted by atomic mass is 19.1. The molecule has 0 aromatic heterocycles. The molecular formula is C12H19FO5. The highest BCUT2D eigenvalue weighted by Gasteiger charge is 2.58. The lowest BCUT2D eigenvalue weighted by molar-refractivity contribution is -0.227. The maximum Gasteiger partial charge on any atom is 0.190 e. The number of fused-ring (bicyclic) bond motifs is 1. The van der Waals surface area contributed by atoms with E-state index in [1.54, 1.807) is 27.7 Å². The van der Waals surface area contributed by atoms with Crippen molar-refractivity contribution in [2.24, 2.45) is 0 Å². The van der Waals surface area contributed by atoms with Gasteiger partial charge in [-0.15, -0.1) is 0 Å². The SMILES string of the molecule is CC1(C)OC2[C@H](O[C@H]([C@H]3COC(C)(C)O3)[C@H]2F)O1. The number of hydrogen-bond acceptors (Lipinski definition) is 5. The van der Waals surface area contributed by atoms with E-state index in [0.29, 0.717) is 6.61 Å². The average Bonchev–Trinajstić information content (AvgIpc) is 2.81. The summed E-state index contributed by atoms with van der Waals surface area (Å²) in [5, 5.41) is 0. The smallest absolute Gasteiger partial charge is 0.190 e. The van der Waals surface area contributed by atoms with Crippen LogP contribution < -0.4 is 0 Å². The summed E-state index contributed by atoms with van der Waals surface area (Å²) in [5.74, 6) is -1.48. The standard InChI is InChI=1S/C12H19FO5/c1-11(2)14-5-6(16-11)8-7(13)9-10(15-8)18-12(3,4)17-9/h6-10H,5H2,1-4H3/t6-,7-,8-,9?,10-/m1/s1. The molecule has 1 unspecified atom stereocenters. The van der Waals surface area contributed by atoms with Crippen molar-refractivity contribution >= 4 is 0 Å². The fourth-order valence-electron chi connectivity index (χ4n) is 2.67. The summed E-state index contributed by atoms with van der Waals surface area (Å²) in [6.45, 7) is 7.41. The van der Waals surface area contributed by atoms with Gasteiger partial charge in [-0.2, -0.15) is 0 Å². The third-order valence-corrected chi connectivity index (χ3v) is 3.40. The molecule has 0 aliphatic carbocycles. The van der Waals surface area contributed by atoms with E-state index < -0.39 is 42.3 Å². The van der Waals surface area contributed by atoms with Gasteiger partial charge in [0.05, 0.1) is 6.61 Å². The van der Waals surface area contributed by atoms with Crippen LogP contribution in [0.25, 0.3) is 0 Å². The van der Waals surface area contributed by atoms with Gasteiger partial charge in [-0.25, -0.2) is 4.39 Å². The van der Waals surface area contributed by atoms with E-state index >= 15 is 0 Å². The van der Waals surface area contributed by atoms with Crippen LogP contribution in [0.5, 0.6) is 0 Å². The van der Waals surface area contributed by atoms with Crippen molar-refractivity contribution in [1.82, 2.24) is 0 Å². The largest absolute Gasteiger partial charge is 0.348 e. The molecule has 5 nitrogen and oxygen atoms in total. The monoisotopic (exact) mass is 262 g/mol. The molecule has 0 bridgehead atoms. The molecule has 3 aliphatic heterocycles. The van der Waals surface area contributed by atoms with Crippen LogP contribution in [0.15, 0.2) is 0 Å². The Morgan fingerprint density at radius 2 is 1.67 bits per heavy atom. The zero-order valence-corrected chi connectivity index (χ0v) is 11.0. The molecule has 3 heterocycles. The molecule has 18 heavy (non-hydrogen) atoms. The van der Waals surface area contributed by atoms with Crippen LogP contribution in [-0.4, -0.2) is 49.0 Å². The number of rotatable bonds is 1. The molecule has 3 fully saturated rings. The first-order chi connectivity index (χ1) is 8.27. The fraction of sp³-hybridized carbons (Fsp3) is 1.00. The molecule has 0 amide bonds. The zero-order valence-electron chi connectivity index (χ0n) is 11.0. The van der Waals surface area contributed by atoms with Gasteiger partial charge in [-0.05, 0) is 27.7 Å². The van der Waals surface area contributed by atoms with Gasteiger partial charge < -0.3 is 23.7 Å². The first-order valence-corrected chi connectivity index (χ1v) is 6.24. The molecule has 0 aromatic rings. The lowest BCUT2D eigenvalue weighted by atomic mass is 10.1. The van der Waals surface area contributed by atoms with Crippen LogP contribution >= 0.6 is 0 Å².